The van der Waals surface area contributed by atoms with E-state index in [2.05, 4.69) is 98.5 Å². The fourth-order valence-electron chi connectivity index (χ4n) is 4.66. The van der Waals surface area contributed by atoms with Crippen LogP contribution in [0.25, 0.3) is 32.7 Å². The Balaban J connectivity index is 1.85. The summed E-state index contributed by atoms with van der Waals surface area (Å²) in [5.74, 6) is 0. The Labute approximate surface area is 169 Å². The highest BCUT2D eigenvalue weighted by atomic mass is 28.3. The van der Waals surface area contributed by atoms with Crippen LogP contribution in [0.5, 0.6) is 0 Å². The van der Waals surface area contributed by atoms with Crippen LogP contribution in [0.1, 0.15) is 31.9 Å². The van der Waals surface area contributed by atoms with Crippen LogP contribution in [0.3, 0.4) is 0 Å². The zero-order valence-corrected chi connectivity index (χ0v) is 17.8. The average Bonchev–Trinajstić information content (AvgIpc) is 2.82. The first kappa shape index (κ1) is 17.7. The fraction of sp³-hybridized carbons (Fsp3) is 0.231. The highest BCUT2D eigenvalue weighted by Crippen LogP contribution is 2.41. The quantitative estimate of drug-likeness (QED) is 0.387. The summed E-state index contributed by atoms with van der Waals surface area (Å²) in [6.45, 7) is 6.87. The molecule has 0 spiro atoms. The van der Waals surface area contributed by atoms with Gasteiger partial charge in [0, 0.05) is 5.54 Å². The van der Waals surface area contributed by atoms with Crippen molar-refractivity contribution in [3.05, 3.63) is 83.9 Å². The smallest absolute Gasteiger partial charge is 0.143 e. The maximum atomic E-state index is 3.98. The molecule has 28 heavy (non-hydrogen) atoms. The zero-order chi connectivity index (χ0) is 19.3. The average molecular weight is 381 g/mol. The van der Waals surface area contributed by atoms with E-state index in [9.17, 15) is 0 Å². The summed E-state index contributed by atoms with van der Waals surface area (Å²) >= 11 is 0. The summed E-state index contributed by atoms with van der Waals surface area (Å²) in [7, 11) is -0.751. The molecule has 0 amide bonds. The van der Waals surface area contributed by atoms with E-state index in [-0.39, 0.29) is 5.54 Å². The predicted octanol–water partition coefficient (Wildman–Crippen LogP) is 6.22. The molecule has 1 aliphatic rings. The van der Waals surface area contributed by atoms with Gasteiger partial charge in [-0.1, -0.05) is 72.8 Å². The summed E-state index contributed by atoms with van der Waals surface area (Å²) in [5, 5.41) is 5.44. The number of hydrogen-bond donors (Lipinski definition) is 1. The predicted molar refractivity (Wildman–Crippen MR) is 123 cm³/mol. The second-order valence-electron chi connectivity index (χ2n) is 8.97. The molecule has 139 valence electrons. The van der Waals surface area contributed by atoms with Crippen molar-refractivity contribution in [2.24, 2.45) is 0 Å². The Bertz CT molecular complexity index is 1100. The van der Waals surface area contributed by atoms with Crippen molar-refractivity contribution in [2.75, 3.05) is 0 Å². The largest absolute Gasteiger partial charge is 0.333 e. The van der Waals surface area contributed by atoms with Gasteiger partial charge in [-0.2, -0.15) is 0 Å². The molecular formula is C26H26NSi. The van der Waals surface area contributed by atoms with Gasteiger partial charge >= 0.3 is 0 Å². The number of rotatable bonds is 1. The molecule has 0 saturated heterocycles. The molecule has 0 saturated carbocycles. The normalized spacial score (nSPS) is 14.7. The van der Waals surface area contributed by atoms with Crippen LogP contribution in [-0.4, -0.2) is 14.5 Å². The topological polar surface area (TPSA) is 12.0 Å². The van der Waals surface area contributed by atoms with E-state index in [0.717, 1.165) is 12.1 Å². The molecule has 4 aromatic carbocycles. The Morgan fingerprint density at radius 2 is 1.11 bits per heavy atom. The van der Waals surface area contributed by atoms with Crippen LogP contribution < -0.4 is 4.98 Å². The van der Waals surface area contributed by atoms with E-state index in [1.165, 1.54) is 43.8 Å². The van der Waals surface area contributed by atoms with Crippen LogP contribution in [0.2, 0.25) is 0 Å². The molecule has 0 unspecified atom stereocenters. The minimum Gasteiger partial charge on any atom is -0.333 e. The monoisotopic (exact) mass is 380 g/mol. The molecule has 0 aliphatic carbocycles. The number of nitrogens with one attached hydrogen (secondary N) is 1. The first-order valence-corrected chi connectivity index (χ1v) is 12.1. The summed E-state index contributed by atoms with van der Waals surface area (Å²) in [6.07, 6.45) is 0. The van der Waals surface area contributed by atoms with Crippen molar-refractivity contribution in [1.82, 2.24) is 4.98 Å². The standard InChI is InChI=1S/C26H26NSi/c1-26(2,3)27-28-16-20-14-12-18-8-4-6-10-22(18)24(20)25-21(17-28)15-13-19-9-5-7-11-23(19)25/h4-15,27H,16-17H2,1-3H3. The van der Waals surface area contributed by atoms with Gasteiger partial charge in [-0.05, 0) is 76.7 Å². The van der Waals surface area contributed by atoms with Crippen molar-refractivity contribution in [1.29, 1.82) is 0 Å². The second-order valence-corrected chi connectivity index (χ2v) is 11.1. The van der Waals surface area contributed by atoms with Crippen molar-refractivity contribution in [2.45, 2.75) is 38.4 Å². The molecule has 4 aromatic rings. The lowest BCUT2D eigenvalue weighted by Gasteiger charge is -2.27. The van der Waals surface area contributed by atoms with E-state index in [0.29, 0.717) is 0 Å². The minimum absolute atomic E-state index is 0.145. The highest BCUT2D eigenvalue weighted by Gasteiger charge is 2.28. The van der Waals surface area contributed by atoms with E-state index < -0.39 is 8.96 Å². The molecule has 0 atom stereocenters. The summed E-state index contributed by atoms with van der Waals surface area (Å²) in [4.78, 5) is 3.98. The van der Waals surface area contributed by atoms with Crippen molar-refractivity contribution in [3.63, 3.8) is 0 Å². The van der Waals surface area contributed by atoms with Crippen LogP contribution in [0, 0.1) is 0 Å². The second kappa shape index (κ2) is 6.58. The summed E-state index contributed by atoms with van der Waals surface area (Å²) < 4.78 is 0. The Morgan fingerprint density at radius 3 is 1.57 bits per heavy atom. The Kier molecular flexibility index (Phi) is 4.15. The summed E-state index contributed by atoms with van der Waals surface area (Å²) in [5.41, 5.74) is 6.06. The lowest BCUT2D eigenvalue weighted by molar-refractivity contribution is 0.515. The molecule has 2 heteroatoms. The number of benzene rings is 4. The number of hydrogen-bond acceptors (Lipinski definition) is 1. The molecule has 1 radical (unpaired) electrons. The van der Waals surface area contributed by atoms with Crippen LogP contribution >= 0.6 is 0 Å². The van der Waals surface area contributed by atoms with Crippen LogP contribution in [-0.2, 0) is 12.1 Å². The van der Waals surface area contributed by atoms with Crippen molar-refractivity contribution < 1.29 is 0 Å². The molecule has 1 N–H and O–H groups in total. The third kappa shape index (κ3) is 3.07. The van der Waals surface area contributed by atoms with Crippen LogP contribution in [0.4, 0.5) is 0 Å². The van der Waals surface area contributed by atoms with Crippen LogP contribution in [0.15, 0.2) is 72.8 Å². The summed E-state index contributed by atoms with van der Waals surface area (Å²) in [6, 6.07) is 29.4. The molecule has 1 heterocycles. The minimum atomic E-state index is -0.751. The number of fused-ring (bicyclic) bond motifs is 7. The molecule has 0 bridgehead atoms. The van der Waals surface area contributed by atoms with Crippen molar-refractivity contribution >= 4 is 30.5 Å². The molecule has 0 fully saturated rings. The molecule has 0 aromatic heterocycles. The van der Waals surface area contributed by atoms with Gasteiger partial charge in [-0.15, -0.1) is 0 Å². The lowest BCUT2D eigenvalue weighted by atomic mass is 9.88. The van der Waals surface area contributed by atoms with Gasteiger partial charge in [-0.25, -0.2) is 0 Å². The van der Waals surface area contributed by atoms with Gasteiger partial charge in [0.25, 0.3) is 0 Å². The zero-order valence-electron chi connectivity index (χ0n) is 16.8. The maximum Gasteiger partial charge on any atom is 0.143 e. The van der Waals surface area contributed by atoms with E-state index in [1.807, 2.05) is 0 Å². The third-order valence-corrected chi connectivity index (χ3v) is 8.36. The van der Waals surface area contributed by atoms with Crippen molar-refractivity contribution in [3.8, 4) is 11.1 Å². The Hall–Kier alpha value is -2.42. The third-order valence-electron chi connectivity index (χ3n) is 5.64. The van der Waals surface area contributed by atoms with Gasteiger partial charge < -0.3 is 4.98 Å². The first-order valence-electron chi connectivity index (χ1n) is 10.1. The van der Waals surface area contributed by atoms with Gasteiger partial charge in [0.1, 0.15) is 8.96 Å². The Morgan fingerprint density at radius 1 is 0.643 bits per heavy atom. The first-order chi connectivity index (χ1) is 13.5. The van der Waals surface area contributed by atoms with Gasteiger partial charge in [0.05, 0.1) is 0 Å². The van der Waals surface area contributed by atoms with Gasteiger partial charge in [-0.3, -0.25) is 0 Å². The molecular weight excluding hydrogens is 354 g/mol. The molecule has 1 nitrogen and oxygen atoms in total. The van der Waals surface area contributed by atoms with E-state index in [1.54, 1.807) is 0 Å². The fourth-order valence-corrected chi connectivity index (χ4v) is 7.53. The van der Waals surface area contributed by atoms with Gasteiger partial charge in [0.15, 0.2) is 0 Å². The maximum absolute atomic E-state index is 3.98. The van der Waals surface area contributed by atoms with E-state index in [4.69, 9.17) is 0 Å². The van der Waals surface area contributed by atoms with Gasteiger partial charge in [0.2, 0.25) is 0 Å². The molecule has 1 aliphatic heterocycles. The lowest BCUT2D eigenvalue weighted by Crippen LogP contribution is -2.49. The van der Waals surface area contributed by atoms with E-state index >= 15 is 0 Å². The highest BCUT2D eigenvalue weighted by molar-refractivity contribution is 6.56. The SMILES string of the molecule is CC(C)(C)N[Si]1Cc2ccc3ccccc3c2-c2c(ccc3ccccc23)C1. The molecule has 5 rings (SSSR count).